The minimum atomic E-state index is -2.81. The van der Waals surface area contributed by atoms with Gasteiger partial charge in [-0.25, -0.2) is 15.0 Å². The summed E-state index contributed by atoms with van der Waals surface area (Å²) in [5.74, 6) is 0.183. The highest BCUT2D eigenvalue weighted by molar-refractivity contribution is 6.83. The fourth-order valence-corrected chi connectivity index (χ4v) is 17.3. The normalized spacial score (nSPS) is 28.2. The smallest absolute Gasteiger partial charge is 0.335 e. The number of nitrogens with two attached hydrogens (primary N) is 1. The van der Waals surface area contributed by atoms with Gasteiger partial charge in [0, 0.05) is 12.5 Å². The second-order valence-corrected chi connectivity index (χ2v) is 20.2. The molecule has 2 aromatic rings. The third-order valence-corrected chi connectivity index (χ3v) is 18.2. The van der Waals surface area contributed by atoms with E-state index in [1.54, 1.807) is 6.33 Å². The predicted molar refractivity (Wildman–Crippen MR) is 143 cm³/mol. The summed E-state index contributed by atoms with van der Waals surface area (Å²) in [6, 6.07) is 0. The zero-order valence-corrected chi connectivity index (χ0v) is 24.8. The van der Waals surface area contributed by atoms with Gasteiger partial charge in [0.2, 0.25) is 0 Å². The van der Waals surface area contributed by atoms with Gasteiger partial charge in [-0.2, -0.15) is 0 Å². The summed E-state index contributed by atoms with van der Waals surface area (Å²) in [5, 5.41) is 10.1. The quantitative estimate of drug-likeness (QED) is 0.498. The largest absolute Gasteiger partial charge is 0.414 e. The van der Waals surface area contributed by atoms with Crippen molar-refractivity contribution in [1.29, 1.82) is 0 Å². The Kier molecular flexibility index (Phi) is 7.97. The maximum Gasteiger partial charge on any atom is 0.335 e. The first kappa shape index (κ1) is 27.6. The number of rotatable bonds is 7. The average Bonchev–Trinajstić information content (AvgIpc) is 3.36. The van der Waals surface area contributed by atoms with Crippen LogP contribution in [0.5, 0.6) is 0 Å². The third kappa shape index (κ3) is 4.44. The van der Waals surface area contributed by atoms with Crippen LogP contribution in [0.25, 0.3) is 11.2 Å². The Hall–Kier alpha value is -1.42. The summed E-state index contributed by atoms with van der Waals surface area (Å²) in [6.07, 6.45) is 2.60. The Balaban J connectivity index is 1.82. The molecule has 10 nitrogen and oxygen atoms in total. The molecular formula is C24H43N5O5Si2. The van der Waals surface area contributed by atoms with E-state index in [-0.39, 0.29) is 46.9 Å². The molecule has 202 valence electrons. The van der Waals surface area contributed by atoms with Gasteiger partial charge in [-0.05, 0) is 28.6 Å². The van der Waals surface area contributed by atoms with Gasteiger partial charge in [-0.1, -0.05) is 55.4 Å². The van der Waals surface area contributed by atoms with Crippen LogP contribution in [0.2, 0.25) is 22.2 Å². The topological polar surface area (TPSA) is 127 Å². The number of nitrogens with zero attached hydrogens (tertiary/aromatic N) is 4. The van der Waals surface area contributed by atoms with Gasteiger partial charge in [0.05, 0.1) is 19.0 Å². The van der Waals surface area contributed by atoms with Gasteiger partial charge in [-0.15, -0.1) is 0 Å². The van der Waals surface area contributed by atoms with Crippen LogP contribution in [0.4, 0.5) is 5.82 Å². The van der Waals surface area contributed by atoms with Crippen LogP contribution in [0.3, 0.4) is 0 Å². The lowest BCUT2D eigenvalue weighted by molar-refractivity contribution is -0.0551. The number of hydrogen-bond acceptors (Lipinski definition) is 9. The number of nitrogen functional groups attached to an aromatic ring is 1. The van der Waals surface area contributed by atoms with E-state index >= 15 is 0 Å². The van der Waals surface area contributed by atoms with Gasteiger partial charge >= 0.3 is 17.1 Å². The first-order chi connectivity index (χ1) is 17.0. The SMILES string of the molecule is CC(C)[Si]1(C(C)C)OC[C@H]2O[C@@H](n3cnc4c(N)ncnc43)[C@@H](CCO)[C@@H]2O[Si](C(C)C)(C(C)C)O1. The van der Waals surface area contributed by atoms with Crippen LogP contribution in [0.15, 0.2) is 12.7 Å². The number of aliphatic hydroxyl groups excluding tert-OH is 1. The number of hydrogen-bond donors (Lipinski definition) is 2. The number of aliphatic hydroxyl groups is 1. The standard InChI is InChI=1S/C24H43N5O5Si2/c1-14(2)35(15(3)4)31-11-19-21(33-36(34-35,16(5)6)17(7)8)18(9-10-30)24(32-19)29-13-28-20-22(25)26-12-27-23(20)29/h12-19,21,24,30H,9-11H2,1-8H3,(H2,25,26,27)/t18-,19+,21-,24+/m0/s1. The summed E-state index contributed by atoms with van der Waals surface area (Å²) in [5.41, 5.74) is 8.11. The molecule has 0 aliphatic carbocycles. The van der Waals surface area contributed by atoms with Crippen molar-refractivity contribution >= 4 is 34.1 Å². The van der Waals surface area contributed by atoms with E-state index in [1.165, 1.54) is 6.33 Å². The first-order valence-electron chi connectivity index (χ1n) is 13.2. The zero-order chi connectivity index (χ0) is 26.4. The van der Waals surface area contributed by atoms with E-state index in [1.807, 2.05) is 4.57 Å². The van der Waals surface area contributed by atoms with Crippen molar-refractivity contribution in [2.75, 3.05) is 18.9 Å². The minimum absolute atomic E-state index is 0.0111. The first-order valence-corrected chi connectivity index (χ1v) is 17.1. The molecule has 2 fully saturated rings. The molecule has 0 spiro atoms. The van der Waals surface area contributed by atoms with Crippen molar-refractivity contribution in [3.8, 4) is 0 Å². The molecule has 4 heterocycles. The molecule has 0 radical (unpaired) electrons. The molecule has 12 heteroatoms. The monoisotopic (exact) mass is 537 g/mol. The highest BCUT2D eigenvalue weighted by atomic mass is 28.5. The van der Waals surface area contributed by atoms with Crippen LogP contribution < -0.4 is 5.73 Å². The van der Waals surface area contributed by atoms with Gasteiger partial charge in [0.1, 0.15) is 24.2 Å². The summed E-state index contributed by atoms with van der Waals surface area (Å²) in [6.45, 7) is 18.1. The van der Waals surface area contributed by atoms with Crippen molar-refractivity contribution in [3.05, 3.63) is 12.7 Å². The van der Waals surface area contributed by atoms with Crippen molar-refractivity contribution in [2.24, 2.45) is 5.92 Å². The highest BCUT2D eigenvalue weighted by Gasteiger charge is 2.61. The highest BCUT2D eigenvalue weighted by Crippen LogP contribution is 2.50. The second kappa shape index (κ2) is 10.4. The molecule has 0 bridgehead atoms. The van der Waals surface area contributed by atoms with Crippen LogP contribution >= 0.6 is 0 Å². The Bertz CT molecular complexity index is 1030. The number of fused-ring (bicyclic) bond motifs is 2. The fourth-order valence-electron chi connectivity index (χ4n) is 6.01. The Morgan fingerprint density at radius 3 is 2.22 bits per heavy atom. The molecule has 2 aromatic heterocycles. The number of ether oxygens (including phenoxy) is 1. The van der Waals surface area contributed by atoms with E-state index < -0.39 is 23.3 Å². The Morgan fingerprint density at radius 2 is 1.64 bits per heavy atom. The lowest BCUT2D eigenvalue weighted by Gasteiger charge is -2.51. The van der Waals surface area contributed by atoms with Crippen molar-refractivity contribution < 1.29 is 22.8 Å². The predicted octanol–water partition coefficient (Wildman–Crippen LogP) is 4.26. The lowest BCUT2D eigenvalue weighted by atomic mass is 9.96. The van der Waals surface area contributed by atoms with Crippen LogP contribution in [-0.4, -0.2) is 67.2 Å². The van der Waals surface area contributed by atoms with E-state index in [4.69, 9.17) is 23.4 Å². The lowest BCUT2D eigenvalue weighted by Crippen LogP contribution is -2.65. The second-order valence-electron chi connectivity index (χ2n) is 11.4. The molecule has 2 aliphatic rings. The molecule has 2 aliphatic heterocycles. The molecule has 2 saturated heterocycles. The minimum Gasteiger partial charge on any atom is -0.414 e. The average molecular weight is 538 g/mol. The van der Waals surface area contributed by atoms with Gasteiger partial charge in [0.25, 0.3) is 0 Å². The van der Waals surface area contributed by atoms with E-state index in [0.29, 0.717) is 30.0 Å². The zero-order valence-electron chi connectivity index (χ0n) is 22.8. The van der Waals surface area contributed by atoms with E-state index in [2.05, 4.69) is 70.3 Å². The fraction of sp³-hybridized carbons (Fsp3) is 0.792. The Morgan fingerprint density at radius 1 is 1.00 bits per heavy atom. The summed E-state index contributed by atoms with van der Waals surface area (Å²) < 4.78 is 30.1. The number of imidazole rings is 1. The molecule has 36 heavy (non-hydrogen) atoms. The third-order valence-electron chi connectivity index (χ3n) is 7.92. The maximum absolute atomic E-state index is 10.1. The van der Waals surface area contributed by atoms with Gasteiger partial charge < -0.3 is 28.5 Å². The molecule has 4 atom stereocenters. The van der Waals surface area contributed by atoms with Crippen LogP contribution in [0, 0.1) is 5.92 Å². The summed E-state index contributed by atoms with van der Waals surface area (Å²) >= 11 is 0. The Labute approximate surface area is 216 Å². The van der Waals surface area contributed by atoms with Crippen molar-refractivity contribution in [1.82, 2.24) is 19.5 Å². The van der Waals surface area contributed by atoms with Crippen LogP contribution in [0.1, 0.15) is 68.0 Å². The molecule has 4 rings (SSSR count). The van der Waals surface area contributed by atoms with Crippen molar-refractivity contribution in [3.63, 3.8) is 0 Å². The summed E-state index contributed by atoms with van der Waals surface area (Å²) in [7, 11) is -5.48. The molecular weight excluding hydrogens is 494 g/mol. The molecule has 0 aromatic carbocycles. The molecule has 3 N–H and O–H groups in total. The van der Waals surface area contributed by atoms with Crippen molar-refractivity contribution in [2.45, 2.75) is 102 Å². The van der Waals surface area contributed by atoms with E-state index in [9.17, 15) is 5.11 Å². The van der Waals surface area contributed by atoms with Crippen LogP contribution in [-0.2, 0) is 17.7 Å². The van der Waals surface area contributed by atoms with Gasteiger partial charge in [0.15, 0.2) is 11.5 Å². The number of aromatic nitrogens is 4. The maximum atomic E-state index is 10.1. The van der Waals surface area contributed by atoms with Gasteiger partial charge in [-0.3, -0.25) is 4.57 Å². The molecule has 0 amide bonds. The molecule has 0 saturated carbocycles. The summed E-state index contributed by atoms with van der Waals surface area (Å²) in [4.78, 5) is 13.0. The van der Waals surface area contributed by atoms with E-state index in [0.717, 1.165) is 0 Å². The molecule has 0 unspecified atom stereocenters. The number of anilines is 1.